The second kappa shape index (κ2) is 7.66. The third-order valence-corrected chi connectivity index (χ3v) is 3.82. The van der Waals surface area contributed by atoms with Crippen LogP contribution in [0.1, 0.15) is 28.5 Å². The summed E-state index contributed by atoms with van der Waals surface area (Å²) < 4.78 is 5.43. The van der Waals surface area contributed by atoms with Gasteiger partial charge in [0.05, 0.1) is 12.3 Å². The van der Waals surface area contributed by atoms with Gasteiger partial charge in [-0.1, -0.05) is 29.8 Å². The van der Waals surface area contributed by atoms with Crippen molar-refractivity contribution in [3.05, 3.63) is 71.4 Å². The number of rotatable bonds is 6. The van der Waals surface area contributed by atoms with Crippen LogP contribution in [-0.2, 0) is 6.54 Å². The highest BCUT2D eigenvalue weighted by atomic mass is 16.5. The van der Waals surface area contributed by atoms with Gasteiger partial charge in [-0.2, -0.15) is 5.10 Å². The molecule has 128 valence electrons. The molecule has 0 bridgehead atoms. The number of nitrogens with one attached hydrogen (secondary N) is 2. The van der Waals surface area contributed by atoms with Crippen LogP contribution in [0.4, 0.5) is 0 Å². The number of aryl methyl sites for hydroxylation is 1. The van der Waals surface area contributed by atoms with E-state index in [0.29, 0.717) is 18.8 Å². The van der Waals surface area contributed by atoms with Crippen molar-refractivity contribution >= 4 is 5.91 Å². The van der Waals surface area contributed by atoms with Gasteiger partial charge in [0, 0.05) is 12.1 Å². The maximum atomic E-state index is 12.3. The smallest absolute Gasteiger partial charge is 0.269 e. The first-order valence-electron chi connectivity index (χ1n) is 8.28. The summed E-state index contributed by atoms with van der Waals surface area (Å²) in [5.41, 5.74) is 4.34. The molecule has 0 fully saturated rings. The molecule has 2 aromatic carbocycles. The van der Waals surface area contributed by atoms with Crippen molar-refractivity contribution in [3.8, 4) is 17.0 Å². The third-order valence-electron chi connectivity index (χ3n) is 3.82. The van der Waals surface area contributed by atoms with Gasteiger partial charge in [0.1, 0.15) is 11.4 Å². The molecule has 1 heterocycles. The number of hydrogen-bond donors (Lipinski definition) is 2. The van der Waals surface area contributed by atoms with Gasteiger partial charge in [-0.05, 0) is 49.7 Å². The van der Waals surface area contributed by atoms with E-state index in [1.54, 1.807) is 6.07 Å². The average molecular weight is 335 g/mol. The molecule has 3 rings (SSSR count). The Morgan fingerprint density at radius 1 is 1.16 bits per heavy atom. The quantitative estimate of drug-likeness (QED) is 0.721. The summed E-state index contributed by atoms with van der Waals surface area (Å²) in [5.74, 6) is 0.643. The molecule has 1 amide bonds. The van der Waals surface area contributed by atoms with Crippen LogP contribution in [0.15, 0.2) is 54.6 Å². The standard InChI is InChI=1S/C20H21N3O2/c1-3-25-17-9-7-16(8-10-17)18-12-19(23-22-18)20(24)21-13-15-6-4-5-14(2)11-15/h4-12H,3,13H2,1-2H3,(H,21,24)(H,22,23). The highest BCUT2D eigenvalue weighted by Crippen LogP contribution is 2.21. The highest BCUT2D eigenvalue weighted by molar-refractivity contribution is 5.93. The Morgan fingerprint density at radius 3 is 2.68 bits per heavy atom. The molecule has 5 nitrogen and oxygen atoms in total. The Hall–Kier alpha value is -3.08. The SMILES string of the molecule is CCOc1ccc(-c2cc(C(=O)NCc3cccc(C)c3)[nH]n2)cc1. The maximum Gasteiger partial charge on any atom is 0.269 e. The first-order valence-corrected chi connectivity index (χ1v) is 8.28. The number of aromatic amines is 1. The molecular formula is C20H21N3O2. The molecule has 5 heteroatoms. The highest BCUT2D eigenvalue weighted by Gasteiger charge is 2.11. The number of amides is 1. The van der Waals surface area contributed by atoms with Gasteiger partial charge in [0.15, 0.2) is 0 Å². The zero-order valence-electron chi connectivity index (χ0n) is 14.4. The van der Waals surface area contributed by atoms with E-state index in [0.717, 1.165) is 22.6 Å². The van der Waals surface area contributed by atoms with Crippen molar-refractivity contribution in [2.75, 3.05) is 6.61 Å². The van der Waals surface area contributed by atoms with E-state index < -0.39 is 0 Å². The Kier molecular flexibility index (Phi) is 5.14. The maximum absolute atomic E-state index is 12.3. The fourth-order valence-electron chi connectivity index (χ4n) is 2.57. The first-order chi connectivity index (χ1) is 12.2. The number of carbonyl (C=O) groups is 1. The van der Waals surface area contributed by atoms with Crippen LogP contribution >= 0.6 is 0 Å². The predicted octanol–water partition coefficient (Wildman–Crippen LogP) is 3.71. The topological polar surface area (TPSA) is 67.0 Å². The van der Waals surface area contributed by atoms with E-state index in [1.807, 2.05) is 56.3 Å². The van der Waals surface area contributed by atoms with E-state index in [-0.39, 0.29) is 5.91 Å². The Balaban J connectivity index is 1.65. The minimum absolute atomic E-state index is 0.175. The van der Waals surface area contributed by atoms with Crippen LogP contribution in [0.25, 0.3) is 11.3 Å². The lowest BCUT2D eigenvalue weighted by Crippen LogP contribution is -2.23. The van der Waals surface area contributed by atoms with Gasteiger partial charge in [0.25, 0.3) is 5.91 Å². The third kappa shape index (κ3) is 4.26. The summed E-state index contributed by atoms with van der Waals surface area (Å²) in [6.07, 6.45) is 0. The summed E-state index contributed by atoms with van der Waals surface area (Å²) in [5, 5.41) is 9.93. The van der Waals surface area contributed by atoms with Gasteiger partial charge in [-0.3, -0.25) is 9.89 Å². The van der Waals surface area contributed by atoms with Crippen LogP contribution in [0.2, 0.25) is 0 Å². The fraction of sp³-hybridized carbons (Fsp3) is 0.200. The van der Waals surface area contributed by atoms with E-state index in [2.05, 4.69) is 21.6 Å². The normalized spacial score (nSPS) is 10.5. The number of nitrogens with zero attached hydrogens (tertiary/aromatic N) is 1. The molecule has 0 saturated heterocycles. The minimum atomic E-state index is -0.175. The number of hydrogen-bond acceptors (Lipinski definition) is 3. The Morgan fingerprint density at radius 2 is 1.96 bits per heavy atom. The van der Waals surface area contributed by atoms with E-state index >= 15 is 0 Å². The minimum Gasteiger partial charge on any atom is -0.494 e. The zero-order chi connectivity index (χ0) is 17.6. The van der Waals surface area contributed by atoms with Crippen molar-refractivity contribution in [2.24, 2.45) is 0 Å². The van der Waals surface area contributed by atoms with Crippen molar-refractivity contribution < 1.29 is 9.53 Å². The first kappa shape index (κ1) is 16.8. The van der Waals surface area contributed by atoms with Crippen LogP contribution in [0.3, 0.4) is 0 Å². The lowest BCUT2D eigenvalue weighted by Gasteiger charge is -2.04. The monoisotopic (exact) mass is 335 g/mol. The van der Waals surface area contributed by atoms with Gasteiger partial charge in [-0.25, -0.2) is 0 Å². The van der Waals surface area contributed by atoms with Crippen LogP contribution < -0.4 is 10.1 Å². The largest absolute Gasteiger partial charge is 0.494 e. The summed E-state index contributed by atoms with van der Waals surface area (Å²) >= 11 is 0. The lowest BCUT2D eigenvalue weighted by atomic mass is 10.1. The van der Waals surface area contributed by atoms with E-state index in [1.165, 1.54) is 5.56 Å². The summed E-state index contributed by atoms with van der Waals surface area (Å²) in [4.78, 5) is 12.3. The van der Waals surface area contributed by atoms with Crippen molar-refractivity contribution in [2.45, 2.75) is 20.4 Å². The molecule has 25 heavy (non-hydrogen) atoms. The number of aromatic nitrogens is 2. The predicted molar refractivity (Wildman–Crippen MR) is 97.5 cm³/mol. The van der Waals surface area contributed by atoms with Crippen LogP contribution in [0, 0.1) is 6.92 Å². The van der Waals surface area contributed by atoms with Gasteiger partial charge in [-0.15, -0.1) is 0 Å². The summed E-state index contributed by atoms with van der Waals surface area (Å²) in [6, 6.07) is 17.5. The lowest BCUT2D eigenvalue weighted by molar-refractivity contribution is 0.0946. The second-order valence-corrected chi connectivity index (χ2v) is 5.80. The van der Waals surface area contributed by atoms with Crippen molar-refractivity contribution in [1.29, 1.82) is 0 Å². The van der Waals surface area contributed by atoms with Crippen molar-refractivity contribution in [3.63, 3.8) is 0 Å². The summed E-state index contributed by atoms with van der Waals surface area (Å²) in [7, 11) is 0. The molecule has 0 aliphatic heterocycles. The van der Waals surface area contributed by atoms with Crippen molar-refractivity contribution in [1.82, 2.24) is 15.5 Å². The molecule has 0 saturated carbocycles. The van der Waals surface area contributed by atoms with Crippen LogP contribution in [-0.4, -0.2) is 22.7 Å². The number of H-pyrrole nitrogens is 1. The molecule has 3 aromatic rings. The van der Waals surface area contributed by atoms with E-state index in [9.17, 15) is 4.79 Å². The molecule has 0 spiro atoms. The molecule has 0 atom stereocenters. The Bertz CT molecular complexity index is 853. The molecule has 0 aliphatic rings. The molecule has 1 aromatic heterocycles. The Labute approximate surface area is 147 Å². The second-order valence-electron chi connectivity index (χ2n) is 5.80. The summed E-state index contributed by atoms with van der Waals surface area (Å²) in [6.45, 7) is 5.09. The van der Waals surface area contributed by atoms with Gasteiger partial charge < -0.3 is 10.1 Å². The molecule has 0 aliphatic carbocycles. The van der Waals surface area contributed by atoms with Gasteiger partial charge >= 0.3 is 0 Å². The number of carbonyl (C=O) groups excluding carboxylic acids is 1. The molecular weight excluding hydrogens is 314 g/mol. The molecule has 2 N–H and O–H groups in total. The molecule has 0 unspecified atom stereocenters. The average Bonchev–Trinajstić information content (AvgIpc) is 3.11. The van der Waals surface area contributed by atoms with Crippen LogP contribution in [0.5, 0.6) is 5.75 Å². The van der Waals surface area contributed by atoms with Gasteiger partial charge in [0.2, 0.25) is 0 Å². The number of ether oxygens (including phenoxy) is 1. The fourth-order valence-corrected chi connectivity index (χ4v) is 2.57. The van der Waals surface area contributed by atoms with E-state index in [4.69, 9.17) is 4.74 Å². The number of benzene rings is 2. The molecule has 0 radical (unpaired) electrons. The zero-order valence-corrected chi connectivity index (χ0v) is 14.4.